The SMILES string of the molecule is CCOC(=O)CS(=O)(=O)c1ccc(-c2ccc(CCN3CCC[C@H]3C)cc2)cc1. The summed E-state index contributed by atoms with van der Waals surface area (Å²) in [6, 6.07) is 15.8. The van der Waals surface area contributed by atoms with Gasteiger partial charge in [-0.05, 0) is 68.5 Å². The minimum absolute atomic E-state index is 0.130. The van der Waals surface area contributed by atoms with Gasteiger partial charge in [-0.1, -0.05) is 36.4 Å². The van der Waals surface area contributed by atoms with Crippen molar-refractivity contribution in [2.75, 3.05) is 25.4 Å². The van der Waals surface area contributed by atoms with Crippen molar-refractivity contribution in [2.24, 2.45) is 0 Å². The number of benzene rings is 2. The van der Waals surface area contributed by atoms with Crippen LogP contribution in [0.1, 0.15) is 32.3 Å². The Hall–Kier alpha value is -2.18. The summed E-state index contributed by atoms with van der Waals surface area (Å²) in [7, 11) is -3.69. The lowest BCUT2D eigenvalue weighted by molar-refractivity contribution is -0.139. The topological polar surface area (TPSA) is 63.7 Å². The Kier molecular flexibility index (Phi) is 7.09. The average Bonchev–Trinajstić information content (AvgIpc) is 3.11. The third-order valence-corrected chi connectivity index (χ3v) is 7.10. The molecule has 1 atom stereocenters. The molecule has 0 aliphatic carbocycles. The predicted octanol–water partition coefficient (Wildman–Crippen LogP) is 3.72. The number of carbonyl (C=O) groups is 1. The van der Waals surface area contributed by atoms with E-state index < -0.39 is 21.6 Å². The molecular weight excluding hydrogens is 386 g/mol. The van der Waals surface area contributed by atoms with E-state index in [1.807, 2.05) is 0 Å². The van der Waals surface area contributed by atoms with Gasteiger partial charge in [0.2, 0.25) is 0 Å². The number of esters is 1. The summed E-state index contributed by atoms with van der Waals surface area (Å²) in [4.78, 5) is 14.2. The van der Waals surface area contributed by atoms with Gasteiger partial charge in [0.05, 0.1) is 11.5 Å². The molecule has 3 rings (SSSR count). The Morgan fingerprint density at radius 3 is 2.24 bits per heavy atom. The van der Waals surface area contributed by atoms with Crippen LogP contribution in [0.25, 0.3) is 11.1 Å². The van der Waals surface area contributed by atoms with Crippen molar-refractivity contribution in [1.82, 2.24) is 4.90 Å². The molecule has 29 heavy (non-hydrogen) atoms. The van der Waals surface area contributed by atoms with Crippen molar-refractivity contribution < 1.29 is 17.9 Å². The number of hydrogen-bond acceptors (Lipinski definition) is 5. The molecule has 0 aromatic heterocycles. The summed E-state index contributed by atoms with van der Waals surface area (Å²) in [5.74, 6) is -1.36. The number of ether oxygens (including phenoxy) is 1. The van der Waals surface area contributed by atoms with E-state index in [1.54, 1.807) is 31.2 Å². The molecule has 1 saturated heterocycles. The van der Waals surface area contributed by atoms with Crippen LogP contribution in [-0.2, 0) is 25.8 Å². The van der Waals surface area contributed by atoms with E-state index >= 15 is 0 Å². The van der Waals surface area contributed by atoms with Gasteiger partial charge in [-0.2, -0.15) is 0 Å². The van der Waals surface area contributed by atoms with Crippen LogP contribution in [0.15, 0.2) is 53.4 Å². The molecule has 156 valence electrons. The van der Waals surface area contributed by atoms with Crippen LogP contribution in [0.2, 0.25) is 0 Å². The second kappa shape index (κ2) is 9.55. The second-order valence-corrected chi connectivity index (χ2v) is 9.55. The average molecular weight is 416 g/mol. The highest BCUT2D eigenvalue weighted by molar-refractivity contribution is 7.92. The van der Waals surface area contributed by atoms with Crippen molar-refractivity contribution in [3.8, 4) is 11.1 Å². The van der Waals surface area contributed by atoms with E-state index in [0.717, 1.165) is 24.1 Å². The van der Waals surface area contributed by atoms with E-state index in [2.05, 4.69) is 36.1 Å². The molecule has 0 spiro atoms. The van der Waals surface area contributed by atoms with Gasteiger partial charge in [0.15, 0.2) is 15.6 Å². The van der Waals surface area contributed by atoms with Crippen LogP contribution >= 0.6 is 0 Å². The Morgan fingerprint density at radius 2 is 1.69 bits per heavy atom. The summed E-state index contributed by atoms with van der Waals surface area (Å²) >= 11 is 0. The first kappa shape index (κ1) is 21.5. The smallest absolute Gasteiger partial charge is 0.321 e. The summed E-state index contributed by atoms with van der Waals surface area (Å²) in [6.45, 7) is 6.41. The second-order valence-electron chi connectivity index (χ2n) is 7.56. The minimum Gasteiger partial charge on any atom is -0.465 e. The zero-order valence-electron chi connectivity index (χ0n) is 17.1. The highest BCUT2D eigenvalue weighted by Gasteiger charge is 2.21. The van der Waals surface area contributed by atoms with Gasteiger partial charge < -0.3 is 9.64 Å². The van der Waals surface area contributed by atoms with Gasteiger partial charge in [-0.15, -0.1) is 0 Å². The molecular formula is C23H29NO4S. The Morgan fingerprint density at radius 1 is 1.07 bits per heavy atom. The fraction of sp³-hybridized carbons (Fsp3) is 0.435. The van der Waals surface area contributed by atoms with Crippen LogP contribution in [-0.4, -0.2) is 50.8 Å². The molecule has 6 heteroatoms. The van der Waals surface area contributed by atoms with Crippen LogP contribution in [0.3, 0.4) is 0 Å². The molecule has 0 saturated carbocycles. The molecule has 1 heterocycles. The van der Waals surface area contributed by atoms with Crippen LogP contribution in [0.5, 0.6) is 0 Å². The third kappa shape index (κ3) is 5.67. The monoisotopic (exact) mass is 415 g/mol. The Labute approximate surface area is 173 Å². The van der Waals surface area contributed by atoms with Gasteiger partial charge >= 0.3 is 5.97 Å². The molecule has 0 unspecified atom stereocenters. The van der Waals surface area contributed by atoms with E-state index in [-0.39, 0.29) is 11.5 Å². The largest absolute Gasteiger partial charge is 0.465 e. The number of nitrogens with zero attached hydrogens (tertiary/aromatic N) is 1. The molecule has 0 amide bonds. The first-order valence-corrected chi connectivity index (χ1v) is 11.9. The van der Waals surface area contributed by atoms with Gasteiger partial charge in [0.1, 0.15) is 0 Å². The van der Waals surface area contributed by atoms with Gasteiger partial charge in [-0.25, -0.2) is 8.42 Å². The highest BCUT2D eigenvalue weighted by atomic mass is 32.2. The lowest BCUT2D eigenvalue weighted by Crippen LogP contribution is -2.28. The first-order chi connectivity index (χ1) is 13.9. The van der Waals surface area contributed by atoms with Crippen LogP contribution in [0, 0.1) is 0 Å². The van der Waals surface area contributed by atoms with E-state index in [9.17, 15) is 13.2 Å². The lowest BCUT2D eigenvalue weighted by atomic mass is 10.0. The standard InChI is InChI=1S/C23H29NO4S/c1-3-28-23(25)17-29(26,27)22-12-10-21(11-13-22)20-8-6-19(7-9-20)14-16-24-15-4-5-18(24)2/h6-13,18H,3-5,14-17H2,1-2H3/t18-/m1/s1. The number of likely N-dealkylation sites (tertiary alicyclic amines) is 1. The maximum Gasteiger partial charge on any atom is 0.321 e. The number of rotatable bonds is 8. The zero-order valence-corrected chi connectivity index (χ0v) is 18.0. The van der Waals surface area contributed by atoms with Crippen molar-refractivity contribution in [3.63, 3.8) is 0 Å². The van der Waals surface area contributed by atoms with Crippen molar-refractivity contribution in [3.05, 3.63) is 54.1 Å². The molecule has 1 fully saturated rings. The summed E-state index contributed by atoms with van der Waals surface area (Å²) in [5.41, 5.74) is 3.29. The molecule has 0 radical (unpaired) electrons. The maximum atomic E-state index is 12.3. The first-order valence-electron chi connectivity index (χ1n) is 10.2. The van der Waals surface area contributed by atoms with E-state index in [0.29, 0.717) is 6.04 Å². The molecule has 2 aromatic rings. The quantitative estimate of drug-likeness (QED) is 0.615. The Bertz CT molecular complexity index is 920. The predicted molar refractivity (Wildman–Crippen MR) is 115 cm³/mol. The summed E-state index contributed by atoms with van der Waals surface area (Å²) < 4.78 is 29.4. The number of carbonyl (C=O) groups excluding carboxylic acids is 1. The summed E-state index contributed by atoms with van der Waals surface area (Å²) in [6.07, 6.45) is 3.63. The van der Waals surface area contributed by atoms with Crippen molar-refractivity contribution in [2.45, 2.75) is 44.0 Å². The molecule has 0 bridgehead atoms. The number of sulfone groups is 1. The van der Waals surface area contributed by atoms with E-state index in [4.69, 9.17) is 4.74 Å². The van der Waals surface area contributed by atoms with E-state index in [1.165, 1.54) is 24.9 Å². The maximum absolute atomic E-state index is 12.3. The third-order valence-electron chi connectivity index (χ3n) is 5.49. The fourth-order valence-corrected chi connectivity index (χ4v) is 4.87. The van der Waals surface area contributed by atoms with Crippen LogP contribution < -0.4 is 0 Å². The van der Waals surface area contributed by atoms with Gasteiger partial charge in [0.25, 0.3) is 0 Å². The van der Waals surface area contributed by atoms with Crippen LogP contribution in [0.4, 0.5) is 0 Å². The minimum atomic E-state index is -3.69. The fourth-order valence-electron chi connectivity index (χ4n) is 3.76. The summed E-state index contributed by atoms with van der Waals surface area (Å²) in [5, 5.41) is 0. The van der Waals surface area contributed by atoms with Crippen molar-refractivity contribution >= 4 is 15.8 Å². The van der Waals surface area contributed by atoms with Crippen molar-refractivity contribution in [1.29, 1.82) is 0 Å². The normalized spacial score (nSPS) is 17.4. The lowest BCUT2D eigenvalue weighted by Gasteiger charge is -2.20. The molecule has 0 N–H and O–H groups in total. The number of hydrogen-bond donors (Lipinski definition) is 0. The Balaban J connectivity index is 1.63. The highest BCUT2D eigenvalue weighted by Crippen LogP contribution is 2.23. The van der Waals surface area contributed by atoms with Gasteiger partial charge in [0, 0.05) is 12.6 Å². The zero-order chi connectivity index (χ0) is 20.9. The molecule has 2 aromatic carbocycles. The molecule has 5 nitrogen and oxygen atoms in total. The molecule has 1 aliphatic rings. The molecule has 1 aliphatic heterocycles. The van der Waals surface area contributed by atoms with Gasteiger partial charge in [-0.3, -0.25) is 4.79 Å².